The molecule has 1 aliphatic carbocycles. The van der Waals surface area contributed by atoms with E-state index >= 15 is 0 Å². The van der Waals surface area contributed by atoms with E-state index in [1.165, 1.54) is 11.4 Å². The molecule has 0 spiro atoms. The Morgan fingerprint density at radius 2 is 2.06 bits per heavy atom. The van der Waals surface area contributed by atoms with Crippen LogP contribution in [0, 0.1) is 0 Å². The smallest absolute Gasteiger partial charge is 0.421 e. The molecule has 0 aromatic carbocycles. The second-order valence-electron chi connectivity index (χ2n) is 4.21. The number of rotatable bonds is 4. The topological polar surface area (TPSA) is 75.7 Å². The maximum absolute atomic E-state index is 12.0. The lowest BCUT2D eigenvalue weighted by Crippen LogP contribution is -2.50. The van der Waals surface area contributed by atoms with Gasteiger partial charge in [0.2, 0.25) is 0 Å². The quantitative estimate of drug-likeness (QED) is 0.787. The molecular weight excluding hydrogens is 324 g/mol. The summed E-state index contributed by atoms with van der Waals surface area (Å²) in [5.41, 5.74) is 0. The second kappa shape index (κ2) is 6.72. The van der Waals surface area contributed by atoms with E-state index in [9.17, 15) is 13.2 Å². The van der Waals surface area contributed by atoms with Crippen molar-refractivity contribution >= 4 is 32.2 Å². The van der Waals surface area contributed by atoms with Crippen LogP contribution in [0.25, 0.3) is 0 Å². The van der Waals surface area contributed by atoms with Gasteiger partial charge in [-0.05, 0) is 19.8 Å². The summed E-state index contributed by atoms with van der Waals surface area (Å²) < 4.78 is 31.6. The third kappa shape index (κ3) is 4.10. The highest BCUT2D eigenvalue weighted by Gasteiger charge is 2.34. The van der Waals surface area contributed by atoms with Crippen LogP contribution in [0.5, 0.6) is 0 Å². The van der Waals surface area contributed by atoms with Gasteiger partial charge in [0.15, 0.2) is 0 Å². The first-order valence-electron chi connectivity index (χ1n) is 5.95. The van der Waals surface area contributed by atoms with E-state index in [0.29, 0.717) is 0 Å². The van der Waals surface area contributed by atoms with Crippen molar-refractivity contribution in [1.29, 1.82) is 0 Å². The minimum atomic E-state index is -3.84. The van der Waals surface area contributed by atoms with Crippen LogP contribution in [0.2, 0.25) is 0 Å². The largest absolute Gasteiger partial charge is 0.449 e. The first kappa shape index (κ1) is 15.7. The van der Waals surface area contributed by atoms with E-state index in [1.54, 1.807) is 6.92 Å². The zero-order valence-corrected chi connectivity index (χ0v) is 13.0. The summed E-state index contributed by atoms with van der Waals surface area (Å²) in [6.45, 7) is 1.75. The fraction of sp³-hybridized carbons (Fsp3) is 0.900. The molecule has 8 heteroatoms. The normalized spacial score (nSPS) is 24.9. The van der Waals surface area contributed by atoms with Crippen molar-refractivity contribution in [1.82, 2.24) is 9.03 Å². The Morgan fingerprint density at radius 3 is 2.61 bits per heavy atom. The third-order valence-corrected chi connectivity index (χ3v) is 5.50. The molecule has 1 saturated carbocycles. The maximum atomic E-state index is 12.0. The molecule has 1 aliphatic rings. The first-order chi connectivity index (χ1) is 8.38. The van der Waals surface area contributed by atoms with E-state index < -0.39 is 16.3 Å². The lowest BCUT2D eigenvalue weighted by molar-refractivity contribution is 0.157. The lowest BCUT2D eigenvalue weighted by Gasteiger charge is -2.33. The molecule has 2 atom stereocenters. The molecule has 0 radical (unpaired) electrons. The van der Waals surface area contributed by atoms with Crippen molar-refractivity contribution < 1.29 is 17.9 Å². The van der Waals surface area contributed by atoms with Gasteiger partial charge in [-0.3, -0.25) is 0 Å². The lowest BCUT2D eigenvalue weighted by atomic mass is 9.96. The average Bonchev–Trinajstić information content (AvgIpc) is 2.28. The Hall–Kier alpha value is -0.340. The van der Waals surface area contributed by atoms with Crippen molar-refractivity contribution in [2.45, 2.75) is 43.5 Å². The SMILES string of the molecule is CCOC(=O)NS(=O)(=O)N(C)C1CCCCC1Br. The molecule has 18 heavy (non-hydrogen) atoms. The molecule has 0 bridgehead atoms. The van der Waals surface area contributed by atoms with Crippen LogP contribution in [0.1, 0.15) is 32.6 Å². The van der Waals surface area contributed by atoms with Crippen LogP contribution in [-0.2, 0) is 14.9 Å². The summed E-state index contributed by atoms with van der Waals surface area (Å²) in [7, 11) is -2.36. The number of hydrogen-bond acceptors (Lipinski definition) is 4. The second-order valence-corrected chi connectivity index (χ2v) is 7.12. The van der Waals surface area contributed by atoms with Crippen LogP contribution < -0.4 is 4.72 Å². The van der Waals surface area contributed by atoms with Crippen LogP contribution >= 0.6 is 15.9 Å². The summed E-state index contributed by atoms with van der Waals surface area (Å²) in [6, 6.07) is -0.134. The molecule has 0 saturated heterocycles. The summed E-state index contributed by atoms with van der Waals surface area (Å²) in [6.07, 6.45) is 2.86. The first-order valence-corrected chi connectivity index (χ1v) is 8.30. The van der Waals surface area contributed by atoms with E-state index in [0.717, 1.165) is 25.7 Å². The van der Waals surface area contributed by atoms with Gasteiger partial charge in [-0.1, -0.05) is 28.8 Å². The Balaban J connectivity index is 2.68. The molecule has 1 amide bonds. The van der Waals surface area contributed by atoms with Crippen molar-refractivity contribution in [3.8, 4) is 0 Å². The van der Waals surface area contributed by atoms with Gasteiger partial charge in [0.25, 0.3) is 0 Å². The predicted molar refractivity (Wildman–Crippen MR) is 71.8 cm³/mol. The van der Waals surface area contributed by atoms with Crippen molar-refractivity contribution in [3.63, 3.8) is 0 Å². The van der Waals surface area contributed by atoms with E-state index in [4.69, 9.17) is 0 Å². The number of carbonyl (C=O) groups is 1. The van der Waals surface area contributed by atoms with Gasteiger partial charge in [-0.25, -0.2) is 9.52 Å². The summed E-state index contributed by atoms with van der Waals surface area (Å²) in [5, 5.41) is 0. The van der Waals surface area contributed by atoms with Crippen LogP contribution in [0.15, 0.2) is 0 Å². The molecule has 106 valence electrons. The minimum Gasteiger partial charge on any atom is -0.449 e. The number of halogens is 1. The highest BCUT2D eigenvalue weighted by atomic mass is 79.9. The zero-order valence-electron chi connectivity index (χ0n) is 10.6. The van der Waals surface area contributed by atoms with E-state index in [1.807, 2.05) is 4.72 Å². The summed E-state index contributed by atoms with van der Waals surface area (Å²) >= 11 is 3.49. The van der Waals surface area contributed by atoms with Gasteiger partial charge >= 0.3 is 16.3 Å². The molecule has 0 heterocycles. The van der Waals surface area contributed by atoms with Gasteiger partial charge in [0.1, 0.15) is 0 Å². The van der Waals surface area contributed by atoms with Crippen LogP contribution in [0.4, 0.5) is 4.79 Å². The van der Waals surface area contributed by atoms with Crippen molar-refractivity contribution in [3.05, 3.63) is 0 Å². The molecule has 1 N–H and O–H groups in total. The molecule has 0 aromatic heterocycles. The Morgan fingerprint density at radius 1 is 1.44 bits per heavy atom. The van der Waals surface area contributed by atoms with E-state index in [-0.39, 0.29) is 17.5 Å². The number of nitrogens with one attached hydrogen (secondary N) is 1. The maximum Gasteiger partial charge on any atom is 0.421 e. The highest BCUT2D eigenvalue weighted by molar-refractivity contribution is 9.09. The Kier molecular flexibility index (Phi) is 5.87. The monoisotopic (exact) mass is 342 g/mol. The Labute approximate surface area is 116 Å². The molecule has 0 aromatic rings. The van der Waals surface area contributed by atoms with Crippen molar-refractivity contribution in [2.24, 2.45) is 0 Å². The number of ether oxygens (including phenoxy) is 1. The minimum absolute atomic E-state index is 0.120. The fourth-order valence-corrected chi connectivity index (χ4v) is 4.11. The number of carbonyl (C=O) groups excluding carboxylic acids is 1. The van der Waals surface area contributed by atoms with Gasteiger partial charge in [0, 0.05) is 17.9 Å². The fourth-order valence-electron chi connectivity index (χ4n) is 1.99. The number of hydrogen-bond donors (Lipinski definition) is 1. The average molecular weight is 343 g/mol. The molecular formula is C10H19BrN2O4S. The van der Waals surface area contributed by atoms with Gasteiger partial charge in [-0.15, -0.1) is 0 Å². The summed E-state index contributed by atoms with van der Waals surface area (Å²) in [5.74, 6) is 0. The van der Waals surface area contributed by atoms with Crippen LogP contribution in [0.3, 0.4) is 0 Å². The van der Waals surface area contributed by atoms with Gasteiger partial charge in [-0.2, -0.15) is 12.7 Å². The molecule has 1 fully saturated rings. The van der Waals surface area contributed by atoms with Gasteiger partial charge in [0.05, 0.1) is 6.61 Å². The number of alkyl halides is 1. The Bertz CT molecular complexity index is 387. The standard InChI is InChI=1S/C10H19BrN2O4S/c1-3-17-10(14)12-18(15,16)13(2)9-7-5-4-6-8(9)11/h8-9H,3-7H2,1-2H3,(H,12,14). The van der Waals surface area contributed by atoms with Gasteiger partial charge < -0.3 is 4.74 Å². The third-order valence-electron chi connectivity index (χ3n) is 2.98. The molecule has 6 nitrogen and oxygen atoms in total. The molecule has 1 rings (SSSR count). The number of amides is 1. The van der Waals surface area contributed by atoms with Crippen molar-refractivity contribution in [2.75, 3.05) is 13.7 Å². The predicted octanol–water partition coefficient (Wildman–Crippen LogP) is 1.62. The molecule has 2 unspecified atom stereocenters. The highest BCUT2D eigenvalue weighted by Crippen LogP contribution is 2.28. The van der Waals surface area contributed by atoms with E-state index in [2.05, 4.69) is 20.7 Å². The molecule has 0 aliphatic heterocycles. The van der Waals surface area contributed by atoms with Crippen LogP contribution in [-0.4, -0.2) is 43.3 Å². The summed E-state index contributed by atoms with van der Waals surface area (Å²) in [4.78, 5) is 11.3. The number of nitrogens with zero attached hydrogens (tertiary/aromatic N) is 1. The zero-order chi connectivity index (χ0) is 13.8.